The molecule has 11 aromatic carbocycles. The topological polar surface area (TPSA) is 166 Å². The van der Waals surface area contributed by atoms with E-state index in [0.29, 0.717) is 154 Å². The summed E-state index contributed by atoms with van der Waals surface area (Å²) in [6.45, 7) is 36.2. The van der Waals surface area contributed by atoms with Crippen LogP contribution in [-0.2, 0) is 115 Å². The van der Waals surface area contributed by atoms with E-state index in [2.05, 4.69) is 223 Å². The van der Waals surface area contributed by atoms with Crippen LogP contribution in [-0.4, -0.2) is 123 Å². The van der Waals surface area contributed by atoms with E-state index in [1.807, 2.05) is 30.3 Å². The third-order valence-corrected chi connectivity index (χ3v) is 24.4. The van der Waals surface area contributed by atoms with Gasteiger partial charge in [-0.3, -0.25) is 0 Å². The molecule has 4 unspecified atom stereocenters. The number of hydrogen-bond donors (Lipinski definition) is 0. The second-order valence-electron chi connectivity index (χ2n) is 34.0. The molecule has 4 atom stereocenters. The molecule has 0 amide bonds. The maximum Gasteiger partial charge on any atom is 0.135 e. The maximum absolute atomic E-state index is 6.50. The summed E-state index contributed by atoms with van der Waals surface area (Å²) in [5.41, 5.74) is 19.9. The summed E-state index contributed by atoms with van der Waals surface area (Å²) in [5, 5.41) is 7.24. The molecule has 0 saturated heterocycles. The summed E-state index contributed by atoms with van der Waals surface area (Å²) < 4.78 is 104. The van der Waals surface area contributed by atoms with Crippen LogP contribution in [0.2, 0.25) is 0 Å². The van der Waals surface area contributed by atoms with Crippen LogP contribution in [0.5, 0.6) is 51.7 Å². The Hall–Kier alpha value is -9.96. The van der Waals surface area contributed by atoms with E-state index in [0.717, 1.165) is 158 Å². The zero-order chi connectivity index (χ0) is 92.1. The molecule has 0 spiro atoms. The molecule has 2 aliphatic rings. The van der Waals surface area contributed by atoms with Gasteiger partial charge in [-0.25, -0.2) is 0 Å². The lowest BCUT2D eigenvalue weighted by molar-refractivity contribution is 0.107. The summed E-state index contributed by atoms with van der Waals surface area (Å²) in [6.07, 6.45) is 6.21. The zero-order valence-electron chi connectivity index (χ0n) is 80.7. The van der Waals surface area contributed by atoms with E-state index in [4.69, 9.17) is 85.3 Å². The van der Waals surface area contributed by atoms with Crippen molar-refractivity contribution in [3.05, 3.63) is 264 Å². The van der Waals surface area contributed by atoms with Crippen LogP contribution in [0.1, 0.15) is 239 Å². The smallest absolute Gasteiger partial charge is 0.135 e. The highest BCUT2D eigenvalue weighted by atomic mass is 16.6. The van der Waals surface area contributed by atoms with E-state index >= 15 is 0 Å². The van der Waals surface area contributed by atoms with Gasteiger partial charge in [0.2, 0.25) is 0 Å². The van der Waals surface area contributed by atoms with E-state index in [1.54, 1.807) is 56.9 Å². The van der Waals surface area contributed by atoms with Crippen LogP contribution in [0.15, 0.2) is 170 Å². The Labute approximate surface area is 769 Å². The fraction of sp³-hybridized carbons (Fsp3) is 0.459. The molecule has 2 heterocycles. The predicted octanol–water partition coefficient (Wildman–Crippen LogP) is 25.5. The lowest BCUT2D eigenvalue weighted by atomic mass is 9.87. The van der Waals surface area contributed by atoms with Crippen molar-refractivity contribution < 1.29 is 85.3 Å². The normalized spacial score (nSPS) is 13.1. The number of fused-ring (bicyclic) bond motifs is 5. The minimum absolute atomic E-state index is 0.406. The van der Waals surface area contributed by atoms with Gasteiger partial charge >= 0.3 is 0 Å². The van der Waals surface area contributed by atoms with Crippen LogP contribution in [0.4, 0.5) is 0 Å². The van der Waals surface area contributed by atoms with E-state index in [9.17, 15) is 0 Å². The molecule has 11 aromatic rings. The molecule has 0 fully saturated rings. The van der Waals surface area contributed by atoms with Crippen molar-refractivity contribution in [3.8, 4) is 51.7 Å². The Balaban J connectivity index is 0.000000180. The van der Waals surface area contributed by atoms with Gasteiger partial charge in [-0.15, -0.1) is 0 Å². The molecular weight excluding hydrogens is 1620 g/mol. The van der Waals surface area contributed by atoms with E-state index in [1.165, 1.54) is 66.2 Å². The molecule has 696 valence electrons. The number of rotatable bonds is 46. The first-order valence-corrected chi connectivity index (χ1v) is 46.3. The van der Waals surface area contributed by atoms with Crippen LogP contribution in [0, 0.1) is 0 Å². The highest BCUT2D eigenvalue weighted by molar-refractivity contribution is 6.09. The first-order valence-electron chi connectivity index (χ1n) is 46.3. The average molecular weight is 1770 g/mol. The van der Waals surface area contributed by atoms with E-state index < -0.39 is 0 Å². The van der Waals surface area contributed by atoms with Crippen molar-refractivity contribution in [1.82, 2.24) is 0 Å². The fourth-order valence-corrected chi connectivity index (χ4v) is 16.8. The van der Waals surface area contributed by atoms with Crippen LogP contribution in [0.3, 0.4) is 0 Å². The molecule has 0 bridgehead atoms. The minimum atomic E-state index is 0.406. The first kappa shape index (κ1) is 101. The maximum atomic E-state index is 6.50. The molecule has 2 aliphatic heterocycles. The summed E-state index contributed by atoms with van der Waals surface area (Å²) in [6, 6.07) is 59.5. The van der Waals surface area contributed by atoms with Gasteiger partial charge in [0.05, 0.1) is 72.7 Å². The lowest BCUT2D eigenvalue weighted by Gasteiger charge is -2.25. The zero-order valence-corrected chi connectivity index (χ0v) is 80.7. The number of ether oxygens (including phenoxy) is 18. The van der Waals surface area contributed by atoms with Gasteiger partial charge in [0.25, 0.3) is 0 Å². The molecule has 18 nitrogen and oxygen atoms in total. The largest absolute Gasteiger partial charge is 0.493 e. The Bertz CT molecular complexity index is 5140. The van der Waals surface area contributed by atoms with Gasteiger partial charge in [-0.2, -0.15) is 0 Å². The van der Waals surface area contributed by atoms with Crippen molar-refractivity contribution in [2.24, 2.45) is 0 Å². The molecular formula is C111H144O18. The number of methoxy groups -OCH3 is 8. The summed E-state index contributed by atoms with van der Waals surface area (Å²) in [4.78, 5) is 0. The number of hydrogen-bond acceptors (Lipinski definition) is 18. The Kier molecular flexibility index (Phi) is 41.4. The first-order chi connectivity index (χ1) is 62.8. The third kappa shape index (κ3) is 27.4. The van der Waals surface area contributed by atoms with Crippen molar-refractivity contribution >= 4 is 32.3 Å². The van der Waals surface area contributed by atoms with Gasteiger partial charge < -0.3 is 85.3 Å². The van der Waals surface area contributed by atoms with Crippen molar-refractivity contribution in [2.45, 2.75) is 217 Å². The highest BCUT2D eigenvalue weighted by Gasteiger charge is 2.27. The Morgan fingerprint density at radius 3 is 1.07 bits per heavy atom. The fourth-order valence-electron chi connectivity index (χ4n) is 16.8. The Morgan fingerprint density at radius 1 is 0.295 bits per heavy atom. The molecule has 0 saturated carbocycles. The lowest BCUT2D eigenvalue weighted by Crippen LogP contribution is -2.17. The number of benzene rings is 11. The molecule has 0 N–H and O–H groups in total. The molecule has 0 aliphatic carbocycles. The van der Waals surface area contributed by atoms with Crippen LogP contribution >= 0.6 is 0 Å². The summed E-state index contributed by atoms with van der Waals surface area (Å²) >= 11 is 0. The summed E-state index contributed by atoms with van der Waals surface area (Å²) in [5.74, 6) is 10.7. The highest BCUT2D eigenvalue weighted by Crippen LogP contribution is 2.45. The summed E-state index contributed by atoms with van der Waals surface area (Å²) in [7, 11) is 13.6. The van der Waals surface area contributed by atoms with Crippen molar-refractivity contribution in [2.75, 3.05) is 123 Å². The second-order valence-corrected chi connectivity index (χ2v) is 34.0. The third-order valence-electron chi connectivity index (χ3n) is 24.4. The molecule has 18 heteroatoms. The van der Waals surface area contributed by atoms with Crippen LogP contribution in [0.25, 0.3) is 32.3 Å². The second kappa shape index (κ2) is 52.8. The van der Waals surface area contributed by atoms with Gasteiger partial charge in [0.15, 0.2) is 0 Å². The van der Waals surface area contributed by atoms with Gasteiger partial charge in [0.1, 0.15) is 105 Å². The van der Waals surface area contributed by atoms with Crippen LogP contribution < -0.4 is 42.6 Å². The van der Waals surface area contributed by atoms with Crippen molar-refractivity contribution in [3.63, 3.8) is 0 Å². The molecule has 129 heavy (non-hydrogen) atoms. The van der Waals surface area contributed by atoms with Gasteiger partial charge in [-0.1, -0.05) is 186 Å². The van der Waals surface area contributed by atoms with Crippen molar-refractivity contribution in [1.29, 1.82) is 0 Å². The predicted molar refractivity (Wildman–Crippen MR) is 519 cm³/mol. The monoisotopic (exact) mass is 1770 g/mol. The quantitative estimate of drug-likeness (QED) is 0.0261. The Morgan fingerprint density at radius 2 is 0.651 bits per heavy atom. The molecule has 0 radical (unpaired) electrons. The minimum Gasteiger partial charge on any atom is -0.493 e. The standard InChI is InChI=1S/C33H40O4.C29H38O4.C25H34O5.C24H32O5/c1-7-23(4)31-27-12-8-10-14-29(27)33(30-15-11-9-13-28(30)31)37-17-16-36-32-25(20-34-5)18-24(22(2)3)19-26(32)21-35-6;1-7-21(4)25-12-13-28(27-11-9-8-10-26(25)27)32-14-15-33-29-23(18-30-5)16-22(20(2)3)17-24(29)19-31-6;1-5-18(2)19-6-8-22(9-7-19)29-12-13-30-25-21(15-26-3)14-20-16-28-11-10-23(20)24(25)17-27-4;1-5-17(2)18-6-8-20(9-7-18)27-12-13-29-24-19(15-25-3)14-23-21(10-11-28-23)22(24)16-26-4/h8-15,18-19,22-23H,7,16-17,20-21H2,1-6H3;8-13,16-17,20-21H,7,14-15,18-19H2,1-6H3;6-9,14,18H,5,10-13,15-17H2,1-4H3;6-9,14,17H,5,10-13,15-16H2,1-4H3. The SMILES string of the molecule is CCC(C)c1c2ccccc2c(OCCOc2c(COC)cc(C(C)C)cc2COC)c2ccccc12.CCC(C)c1ccc(OCCOc2c(COC)cc(C(C)C)cc2COC)c2ccccc12.CCC(C)c1ccc(OCCOc2c(COC)cc3c(c2COC)CCO3)cc1.CCC(C)c1ccc(OCCOc2c(COC)cc3c(c2COC)CCOC3)cc1. The van der Waals surface area contributed by atoms with Gasteiger partial charge in [-0.05, 0) is 195 Å². The van der Waals surface area contributed by atoms with E-state index in [-0.39, 0.29) is 0 Å². The average Bonchev–Trinajstić information content (AvgIpc) is 1.19. The molecule has 13 rings (SSSR count). The van der Waals surface area contributed by atoms with Gasteiger partial charge in [0, 0.05) is 130 Å². The molecule has 0 aromatic heterocycles.